The highest BCUT2D eigenvalue weighted by Gasteiger charge is 2.21. The molecule has 1 rings (SSSR count). The van der Waals surface area contributed by atoms with Gasteiger partial charge in [-0.3, -0.25) is 0 Å². The molecular formula is C13H21FN2O2S. The molecule has 0 aliphatic rings. The molecule has 0 fully saturated rings. The molecule has 0 heterocycles. The molecule has 0 saturated heterocycles. The van der Waals surface area contributed by atoms with E-state index >= 15 is 0 Å². The average Bonchev–Trinajstić information content (AvgIpc) is 2.32. The molecular weight excluding hydrogens is 267 g/mol. The minimum atomic E-state index is -3.76. The van der Waals surface area contributed by atoms with Crippen LogP contribution in [-0.4, -0.2) is 14.5 Å². The molecule has 1 aromatic carbocycles. The van der Waals surface area contributed by atoms with Crippen LogP contribution in [0.15, 0.2) is 23.1 Å². The molecule has 0 spiro atoms. The van der Waals surface area contributed by atoms with Crippen LogP contribution in [-0.2, 0) is 10.0 Å². The summed E-state index contributed by atoms with van der Waals surface area (Å²) in [5.74, 6) is -0.721. The Kier molecular flexibility index (Phi) is 5.75. The molecule has 1 atom stereocenters. The van der Waals surface area contributed by atoms with Gasteiger partial charge in [0.05, 0.1) is 5.69 Å². The third kappa shape index (κ3) is 4.47. The molecule has 0 aromatic heterocycles. The van der Waals surface area contributed by atoms with E-state index in [1.807, 2.05) is 0 Å². The summed E-state index contributed by atoms with van der Waals surface area (Å²) >= 11 is 0. The second-order valence-corrected chi connectivity index (χ2v) is 6.35. The van der Waals surface area contributed by atoms with Crippen LogP contribution in [0.4, 0.5) is 10.1 Å². The second-order valence-electron chi connectivity index (χ2n) is 4.67. The summed E-state index contributed by atoms with van der Waals surface area (Å²) in [6.07, 6.45) is 3.85. The molecule has 19 heavy (non-hydrogen) atoms. The van der Waals surface area contributed by atoms with Crippen LogP contribution in [0, 0.1) is 5.82 Å². The normalized spacial score (nSPS) is 13.4. The molecule has 0 saturated carbocycles. The highest BCUT2D eigenvalue weighted by Crippen LogP contribution is 2.21. The van der Waals surface area contributed by atoms with Gasteiger partial charge in [0.2, 0.25) is 10.0 Å². The second kappa shape index (κ2) is 6.86. The van der Waals surface area contributed by atoms with E-state index in [1.165, 1.54) is 12.1 Å². The monoisotopic (exact) mass is 288 g/mol. The van der Waals surface area contributed by atoms with Crippen molar-refractivity contribution in [3.63, 3.8) is 0 Å². The van der Waals surface area contributed by atoms with Gasteiger partial charge >= 0.3 is 0 Å². The number of sulfonamides is 1. The van der Waals surface area contributed by atoms with Gasteiger partial charge in [-0.05, 0) is 25.5 Å². The summed E-state index contributed by atoms with van der Waals surface area (Å²) < 4.78 is 40.0. The first-order chi connectivity index (χ1) is 8.88. The number of hydrogen-bond donors (Lipinski definition) is 2. The first-order valence-electron chi connectivity index (χ1n) is 6.44. The zero-order valence-electron chi connectivity index (χ0n) is 11.3. The van der Waals surface area contributed by atoms with Crippen LogP contribution < -0.4 is 10.5 Å². The van der Waals surface area contributed by atoms with Crippen LogP contribution in [0.1, 0.15) is 39.5 Å². The van der Waals surface area contributed by atoms with Gasteiger partial charge in [0, 0.05) is 6.04 Å². The fourth-order valence-electron chi connectivity index (χ4n) is 1.84. The maximum absolute atomic E-state index is 13.3. The van der Waals surface area contributed by atoms with Gasteiger partial charge in [-0.1, -0.05) is 32.3 Å². The number of nitrogens with one attached hydrogen (secondary N) is 1. The number of anilines is 1. The number of unbranched alkanes of at least 4 members (excludes halogenated alkanes) is 2. The van der Waals surface area contributed by atoms with Crippen molar-refractivity contribution in [3.05, 3.63) is 24.0 Å². The van der Waals surface area contributed by atoms with E-state index in [9.17, 15) is 12.8 Å². The van der Waals surface area contributed by atoms with Crippen LogP contribution in [0.25, 0.3) is 0 Å². The number of para-hydroxylation sites is 1. The van der Waals surface area contributed by atoms with E-state index in [0.29, 0.717) is 0 Å². The number of nitrogen functional groups attached to an aromatic ring is 1. The molecule has 6 heteroatoms. The molecule has 0 amide bonds. The highest BCUT2D eigenvalue weighted by atomic mass is 32.2. The molecule has 3 N–H and O–H groups in total. The fraction of sp³-hybridized carbons (Fsp3) is 0.538. The Bertz CT molecular complexity index is 517. The molecule has 0 aliphatic carbocycles. The first kappa shape index (κ1) is 15.9. The Morgan fingerprint density at radius 1 is 1.37 bits per heavy atom. The van der Waals surface area contributed by atoms with Crippen molar-refractivity contribution in [2.24, 2.45) is 0 Å². The van der Waals surface area contributed by atoms with Crippen molar-refractivity contribution in [2.75, 3.05) is 5.73 Å². The Hall–Kier alpha value is -1.14. The number of hydrogen-bond acceptors (Lipinski definition) is 3. The van der Waals surface area contributed by atoms with E-state index in [-0.39, 0.29) is 16.6 Å². The number of nitrogens with two attached hydrogens (primary N) is 1. The van der Waals surface area contributed by atoms with E-state index in [4.69, 9.17) is 5.73 Å². The van der Waals surface area contributed by atoms with E-state index in [0.717, 1.165) is 31.7 Å². The lowest BCUT2D eigenvalue weighted by Gasteiger charge is -2.15. The van der Waals surface area contributed by atoms with Crippen LogP contribution in [0.3, 0.4) is 0 Å². The van der Waals surface area contributed by atoms with Gasteiger partial charge in [0.1, 0.15) is 10.7 Å². The topological polar surface area (TPSA) is 72.2 Å². The van der Waals surface area contributed by atoms with Crippen LogP contribution >= 0.6 is 0 Å². The van der Waals surface area contributed by atoms with Crippen LogP contribution in [0.5, 0.6) is 0 Å². The summed E-state index contributed by atoms with van der Waals surface area (Å²) in [6, 6.07) is 3.58. The molecule has 108 valence electrons. The number of benzene rings is 1. The predicted octanol–water partition coefficient (Wildman–Crippen LogP) is 2.66. The minimum Gasteiger partial charge on any atom is -0.395 e. The van der Waals surface area contributed by atoms with Crippen LogP contribution in [0.2, 0.25) is 0 Å². The lowest BCUT2D eigenvalue weighted by molar-refractivity contribution is 0.526. The van der Waals surface area contributed by atoms with Crippen molar-refractivity contribution in [1.29, 1.82) is 0 Å². The smallest absolute Gasteiger partial charge is 0.242 e. The summed E-state index contributed by atoms with van der Waals surface area (Å²) in [6.45, 7) is 3.88. The standard InChI is InChI=1S/C13H21FN2O2S/c1-3-4-5-7-10(2)16-19(17,18)12-9-6-8-11(14)13(12)15/h6,8-10,16H,3-5,7,15H2,1-2H3. The largest absolute Gasteiger partial charge is 0.395 e. The number of rotatable bonds is 7. The molecule has 0 bridgehead atoms. The third-order valence-corrected chi connectivity index (χ3v) is 4.55. The Balaban J connectivity index is 2.78. The van der Waals surface area contributed by atoms with Crippen molar-refractivity contribution in [3.8, 4) is 0 Å². The Morgan fingerprint density at radius 2 is 2.05 bits per heavy atom. The fourth-order valence-corrected chi connectivity index (χ4v) is 3.26. The maximum Gasteiger partial charge on any atom is 0.242 e. The summed E-state index contributed by atoms with van der Waals surface area (Å²) in [7, 11) is -3.76. The average molecular weight is 288 g/mol. The van der Waals surface area contributed by atoms with Gasteiger partial charge in [0.15, 0.2) is 0 Å². The van der Waals surface area contributed by atoms with Crippen molar-refractivity contribution in [1.82, 2.24) is 4.72 Å². The molecule has 0 radical (unpaired) electrons. The van der Waals surface area contributed by atoms with Gasteiger partial charge < -0.3 is 5.73 Å². The lowest BCUT2D eigenvalue weighted by atomic mass is 10.1. The van der Waals surface area contributed by atoms with E-state index in [2.05, 4.69) is 11.6 Å². The first-order valence-corrected chi connectivity index (χ1v) is 7.93. The summed E-state index contributed by atoms with van der Waals surface area (Å²) in [5, 5.41) is 0. The van der Waals surface area contributed by atoms with Crippen molar-refractivity contribution in [2.45, 2.75) is 50.5 Å². The maximum atomic E-state index is 13.3. The predicted molar refractivity (Wildman–Crippen MR) is 74.7 cm³/mol. The molecule has 1 aromatic rings. The van der Waals surface area contributed by atoms with E-state index < -0.39 is 15.8 Å². The summed E-state index contributed by atoms with van der Waals surface area (Å²) in [5.41, 5.74) is 5.13. The number of halogens is 1. The quantitative estimate of drug-likeness (QED) is 0.598. The minimum absolute atomic E-state index is 0.195. The summed E-state index contributed by atoms with van der Waals surface area (Å²) in [4.78, 5) is -0.199. The molecule has 0 aliphatic heterocycles. The SMILES string of the molecule is CCCCCC(C)NS(=O)(=O)c1cccc(F)c1N. The zero-order chi connectivity index (χ0) is 14.5. The zero-order valence-corrected chi connectivity index (χ0v) is 12.1. The molecule has 1 unspecified atom stereocenters. The van der Waals surface area contributed by atoms with Gasteiger partial charge in [0.25, 0.3) is 0 Å². The van der Waals surface area contributed by atoms with E-state index in [1.54, 1.807) is 6.92 Å². The molecule has 4 nitrogen and oxygen atoms in total. The highest BCUT2D eigenvalue weighted by molar-refractivity contribution is 7.89. The Morgan fingerprint density at radius 3 is 2.68 bits per heavy atom. The Labute approximate surface area is 114 Å². The van der Waals surface area contributed by atoms with Gasteiger partial charge in [-0.25, -0.2) is 17.5 Å². The van der Waals surface area contributed by atoms with Gasteiger partial charge in [-0.15, -0.1) is 0 Å². The third-order valence-electron chi connectivity index (χ3n) is 2.90. The van der Waals surface area contributed by atoms with Crippen molar-refractivity contribution < 1.29 is 12.8 Å². The van der Waals surface area contributed by atoms with Gasteiger partial charge in [-0.2, -0.15) is 0 Å². The lowest BCUT2D eigenvalue weighted by Crippen LogP contribution is -2.33. The van der Waals surface area contributed by atoms with Crippen molar-refractivity contribution >= 4 is 15.7 Å².